The van der Waals surface area contributed by atoms with Crippen LogP contribution in [0, 0.1) is 6.92 Å². The quantitative estimate of drug-likeness (QED) is 0.603. The minimum Gasteiger partial charge on any atom is -0.462 e. The van der Waals surface area contributed by atoms with Gasteiger partial charge < -0.3 is 20.1 Å². The van der Waals surface area contributed by atoms with Crippen LogP contribution in [0.2, 0.25) is 0 Å². The number of rotatable bonds is 8. The molecule has 1 aromatic rings. The summed E-state index contributed by atoms with van der Waals surface area (Å²) in [6.07, 6.45) is 0. The molecule has 0 saturated heterocycles. The number of carbonyl (C=O) groups excluding carboxylic acids is 1. The number of aryl methyl sites for hydroxylation is 1. The van der Waals surface area contributed by atoms with Crippen molar-refractivity contribution >= 4 is 5.97 Å². The van der Waals surface area contributed by atoms with Crippen molar-refractivity contribution < 1.29 is 24.9 Å². The number of ether oxygens (including phenoxy) is 1. The van der Waals surface area contributed by atoms with Gasteiger partial charge in [-0.2, -0.15) is 0 Å². The highest BCUT2D eigenvalue weighted by atomic mass is 16.5. The average molecular weight is 313 g/mol. The van der Waals surface area contributed by atoms with Gasteiger partial charge in [-0.25, -0.2) is 4.79 Å². The molecular formula is C16H27NO5. The number of aliphatic hydroxyl groups excluding tert-OH is 3. The molecule has 6 nitrogen and oxygen atoms in total. The van der Waals surface area contributed by atoms with Crippen molar-refractivity contribution in [1.82, 2.24) is 4.90 Å². The van der Waals surface area contributed by atoms with Crippen LogP contribution < -0.4 is 0 Å². The van der Waals surface area contributed by atoms with E-state index in [-0.39, 0.29) is 25.8 Å². The molecule has 3 N–H and O–H groups in total. The van der Waals surface area contributed by atoms with E-state index in [9.17, 15) is 4.79 Å². The Morgan fingerprint density at radius 1 is 1.00 bits per heavy atom. The molecule has 0 saturated carbocycles. The fourth-order valence-corrected chi connectivity index (χ4v) is 1.66. The Labute approximate surface area is 132 Å². The van der Waals surface area contributed by atoms with Crippen molar-refractivity contribution in [2.24, 2.45) is 0 Å². The molecule has 0 aliphatic rings. The van der Waals surface area contributed by atoms with Gasteiger partial charge in [-0.15, -0.1) is 0 Å². The van der Waals surface area contributed by atoms with Gasteiger partial charge in [0.05, 0.1) is 32.0 Å². The first-order chi connectivity index (χ1) is 10.6. The molecule has 0 bridgehead atoms. The Bertz CT molecular complexity index is 380. The minimum absolute atomic E-state index is 0.0694. The molecule has 0 atom stereocenters. The molecule has 22 heavy (non-hydrogen) atoms. The first kappa shape index (κ1) is 20.5. The summed E-state index contributed by atoms with van der Waals surface area (Å²) >= 11 is 0. The van der Waals surface area contributed by atoms with Crippen LogP contribution in [-0.4, -0.2) is 72.3 Å². The monoisotopic (exact) mass is 313 g/mol. The molecule has 0 radical (unpaired) electrons. The van der Waals surface area contributed by atoms with Gasteiger partial charge in [0.15, 0.2) is 0 Å². The van der Waals surface area contributed by atoms with Gasteiger partial charge in [0.2, 0.25) is 0 Å². The molecule has 0 heterocycles. The van der Waals surface area contributed by atoms with Crippen LogP contribution in [-0.2, 0) is 4.74 Å². The van der Waals surface area contributed by atoms with E-state index >= 15 is 0 Å². The molecule has 1 aromatic carbocycles. The largest absolute Gasteiger partial charge is 0.462 e. The molecular weight excluding hydrogens is 286 g/mol. The molecule has 0 aliphatic heterocycles. The van der Waals surface area contributed by atoms with Gasteiger partial charge in [0.25, 0.3) is 0 Å². The van der Waals surface area contributed by atoms with Crippen LogP contribution in [0.3, 0.4) is 0 Å². The van der Waals surface area contributed by atoms with Crippen molar-refractivity contribution in [2.75, 3.05) is 46.1 Å². The first-order valence-electron chi connectivity index (χ1n) is 7.37. The summed E-state index contributed by atoms with van der Waals surface area (Å²) in [4.78, 5) is 12.9. The second-order valence-corrected chi connectivity index (χ2v) is 4.60. The normalized spacial score (nSPS) is 10.1. The summed E-state index contributed by atoms with van der Waals surface area (Å²) in [5, 5.41) is 25.5. The van der Waals surface area contributed by atoms with Crippen LogP contribution in [0.4, 0.5) is 0 Å². The Morgan fingerprint density at radius 3 is 1.82 bits per heavy atom. The van der Waals surface area contributed by atoms with E-state index in [1.54, 1.807) is 24.0 Å². The van der Waals surface area contributed by atoms with E-state index in [1.807, 2.05) is 19.1 Å². The zero-order chi connectivity index (χ0) is 16.8. The summed E-state index contributed by atoms with van der Waals surface area (Å²) in [5.41, 5.74) is 1.76. The topological polar surface area (TPSA) is 90.2 Å². The van der Waals surface area contributed by atoms with Crippen molar-refractivity contribution in [3.05, 3.63) is 35.4 Å². The Hall–Kier alpha value is -1.47. The summed E-state index contributed by atoms with van der Waals surface area (Å²) < 4.78 is 4.83. The maximum Gasteiger partial charge on any atom is 0.338 e. The molecule has 1 rings (SSSR count). The van der Waals surface area contributed by atoms with E-state index in [2.05, 4.69) is 0 Å². The van der Waals surface area contributed by atoms with Crippen LogP contribution in [0.15, 0.2) is 24.3 Å². The van der Waals surface area contributed by atoms with Crippen molar-refractivity contribution in [3.63, 3.8) is 0 Å². The van der Waals surface area contributed by atoms with Gasteiger partial charge in [0.1, 0.15) is 0 Å². The zero-order valence-corrected chi connectivity index (χ0v) is 13.4. The standard InChI is InChI=1S/C10H12O2.C6H15NO3/c1-3-12-10(11)9-6-4-8(2)5-7-9;8-4-1-7(2-5-9)3-6-10/h4-7H,3H2,1-2H3;8-10H,1-6H2. The lowest BCUT2D eigenvalue weighted by molar-refractivity contribution is 0.0526. The third kappa shape index (κ3) is 9.46. The molecule has 0 unspecified atom stereocenters. The lowest BCUT2D eigenvalue weighted by atomic mass is 10.1. The molecule has 6 heteroatoms. The number of carbonyl (C=O) groups is 1. The van der Waals surface area contributed by atoms with Gasteiger partial charge in [-0.05, 0) is 26.0 Å². The molecule has 0 amide bonds. The van der Waals surface area contributed by atoms with Gasteiger partial charge in [-0.1, -0.05) is 17.7 Å². The Kier molecular flexibility index (Phi) is 12.3. The average Bonchev–Trinajstić information content (AvgIpc) is 2.50. The number of benzene rings is 1. The van der Waals surface area contributed by atoms with Crippen molar-refractivity contribution in [1.29, 1.82) is 0 Å². The molecule has 0 fully saturated rings. The van der Waals surface area contributed by atoms with Crippen molar-refractivity contribution in [3.8, 4) is 0 Å². The van der Waals surface area contributed by atoms with E-state index in [0.29, 0.717) is 31.8 Å². The van der Waals surface area contributed by atoms with Gasteiger partial charge in [0, 0.05) is 19.6 Å². The van der Waals surface area contributed by atoms with E-state index in [4.69, 9.17) is 20.1 Å². The minimum atomic E-state index is -0.252. The van der Waals surface area contributed by atoms with Crippen molar-refractivity contribution in [2.45, 2.75) is 13.8 Å². The third-order valence-corrected chi connectivity index (χ3v) is 2.81. The maximum atomic E-state index is 11.1. The van der Waals surface area contributed by atoms with Crippen LogP contribution in [0.5, 0.6) is 0 Å². The van der Waals surface area contributed by atoms with Gasteiger partial charge >= 0.3 is 5.97 Å². The van der Waals surface area contributed by atoms with E-state index in [0.717, 1.165) is 5.56 Å². The predicted octanol–water partition coefficient (Wildman–Crippen LogP) is 0.437. The third-order valence-electron chi connectivity index (χ3n) is 2.81. The second-order valence-electron chi connectivity index (χ2n) is 4.60. The lowest BCUT2D eigenvalue weighted by Crippen LogP contribution is -2.32. The SMILES string of the molecule is CCOC(=O)c1ccc(C)cc1.OCCN(CCO)CCO. The van der Waals surface area contributed by atoms with Crippen LogP contribution >= 0.6 is 0 Å². The smallest absolute Gasteiger partial charge is 0.338 e. The molecule has 0 spiro atoms. The summed E-state index contributed by atoms with van der Waals surface area (Å²) in [6, 6.07) is 7.33. The van der Waals surface area contributed by atoms with Gasteiger partial charge in [-0.3, -0.25) is 4.90 Å². The maximum absolute atomic E-state index is 11.1. The molecule has 0 aromatic heterocycles. The number of esters is 1. The summed E-state index contributed by atoms with van der Waals surface area (Å²) in [7, 11) is 0. The first-order valence-corrected chi connectivity index (χ1v) is 7.37. The number of aliphatic hydroxyl groups is 3. The van der Waals surface area contributed by atoms with Crippen LogP contribution in [0.1, 0.15) is 22.8 Å². The van der Waals surface area contributed by atoms with E-state index < -0.39 is 0 Å². The summed E-state index contributed by atoms with van der Waals surface area (Å²) in [5.74, 6) is -0.252. The number of nitrogens with zero attached hydrogens (tertiary/aromatic N) is 1. The zero-order valence-electron chi connectivity index (χ0n) is 13.4. The number of hydrogen-bond donors (Lipinski definition) is 3. The molecule has 0 aliphatic carbocycles. The molecule has 126 valence electrons. The van der Waals surface area contributed by atoms with E-state index in [1.165, 1.54) is 0 Å². The highest BCUT2D eigenvalue weighted by Crippen LogP contribution is 2.04. The highest BCUT2D eigenvalue weighted by molar-refractivity contribution is 5.89. The second kappa shape index (κ2) is 13.2. The predicted molar refractivity (Wildman–Crippen MR) is 84.8 cm³/mol. The lowest BCUT2D eigenvalue weighted by Gasteiger charge is -2.17. The Balaban J connectivity index is 0.000000409. The number of hydrogen-bond acceptors (Lipinski definition) is 6. The highest BCUT2D eigenvalue weighted by Gasteiger charge is 2.03. The van der Waals surface area contributed by atoms with Crippen LogP contribution in [0.25, 0.3) is 0 Å². The fraction of sp³-hybridized carbons (Fsp3) is 0.562. The Morgan fingerprint density at radius 2 is 1.45 bits per heavy atom. The fourth-order valence-electron chi connectivity index (χ4n) is 1.66. The summed E-state index contributed by atoms with van der Waals surface area (Å²) in [6.45, 7) is 5.96.